The number of nitriles is 1. The zero-order chi connectivity index (χ0) is 12.2. The van der Waals surface area contributed by atoms with Crippen molar-refractivity contribution >= 4 is 5.97 Å². The fourth-order valence-electron chi connectivity index (χ4n) is 1.20. The van der Waals surface area contributed by atoms with Crippen LogP contribution in [0.4, 0.5) is 0 Å². The van der Waals surface area contributed by atoms with Crippen LogP contribution in [0, 0.1) is 11.3 Å². The smallest absolute Gasteiger partial charge is 0.348 e. The van der Waals surface area contributed by atoms with Crippen LogP contribution in [0.3, 0.4) is 0 Å². The van der Waals surface area contributed by atoms with Crippen molar-refractivity contribution in [2.24, 2.45) is 0 Å². The average molecular weight is 223 g/mol. The Hall–Kier alpha value is -1.30. The molecule has 0 spiro atoms. The molecule has 0 N–H and O–H groups in total. The van der Waals surface area contributed by atoms with Gasteiger partial charge in [0, 0.05) is 0 Å². The summed E-state index contributed by atoms with van der Waals surface area (Å²) in [6.07, 6.45) is 7.57. The number of ether oxygens (including phenoxy) is 1. The molecule has 0 unspecified atom stereocenters. The van der Waals surface area contributed by atoms with Gasteiger partial charge in [-0.3, -0.25) is 0 Å². The van der Waals surface area contributed by atoms with Crippen molar-refractivity contribution in [1.82, 2.24) is 0 Å². The van der Waals surface area contributed by atoms with E-state index in [-0.39, 0.29) is 5.57 Å². The number of esters is 1. The summed E-state index contributed by atoms with van der Waals surface area (Å²) in [5.41, 5.74) is 0.146. The molecule has 0 atom stereocenters. The number of carbonyl (C=O) groups excluding carboxylic acids is 1. The van der Waals surface area contributed by atoms with Crippen molar-refractivity contribution in [3.63, 3.8) is 0 Å². The predicted molar refractivity (Wildman–Crippen MR) is 63.7 cm³/mol. The molecule has 0 fully saturated rings. The van der Waals surface area contributed by atoms with Crippen LogP contribution in [0.25, 0.3) is 0 Å². The zero-order valence-electron chi connectivity index (χ0n) is 10.3. The number of rotatable bonds is 8. The molecule has 0 aromatic heterocycles. The van der Waals surface area contributed by atoms with Crippen LogP contribution in [0.1, 0.15) is 52.4 Å². The fourth-order valence-corrected chi connectivity index (χ4v) is 1.20. The van der Waals surface area contributed by atoms with E-state index in [0.29, 0.717) is 6.61 Å². The number of nitrogens with zero attached hydrogens (tertiary/aromatic N) is 1. The van der Waals surface area contributed by atoms with Gasteiger partial charge in [0.05, 0.1) is 6.61 Å². The third kappa shape index (κ3) is 7.05. The summed E-state index contributed by atoms with van der Waals surface area (Å²) >= 11 is 0. The Morgan fingerprint density at radius 2 is 1.94 bits per heavy atom. The van der Waals surface area contributed by atoms with E-state index in [2.05, 4.69) is 6.92 Å². The second-order valence-corrected chi connectivity index (χ2v) is 3.71. The van der Waals surface area contributed by atoms with E-state index in [1.54, 1.807) is 6.08 Å². The lowest BCUT2D eigenvalue weighted by Crippen LogP contribution is -2.07. The monoisotopic (exact) mass is 223 g/mol. The number of allylic oxidation sites excluding steroid dienone is 1. The predicted octanol–water partition coefficient (Wildman–Crippen LogP) is 3.36. The Balaban J connectivity index is 3.96. The Labute approximate surface area is 98.1 Å². The highest BCUT2D eigenvalue weighted by atomic mass is 16.5. The molecule has 0 aliphatic carbocycles. The second-order valence-electron chi connectivity index (χ2n) is 3.71. The van der Waals surface area contributed by atoms with Gasteiger partial charge >= 0.3 is 5.97 Å². The van der Waals surface area contributed by atoms with E-state index >= 15 is 0 Å². The van der Waals surface area contributed by atoms with Gasteiger partial charge in [-0.1, -0.05) is 39.2 Å². The number of hydrogen-bond donors (Lipinski definition) is 0. The summed E-state index contributed by atoms with van der Waals surface area (Å²) in [6, 6.07) is 1.89. The minimum absolute atomic E-state index is 0.146. The highest BCUT2D eigenvalue weighted by Gasteiger charge is 2.08. The van der Waals surface area contributed by atoms with Gasteiger partial charge in [-0.05, 0) is 19.3 Å². The SMILES string of the molecule is CCCCC/C=C(\C#N)C(=O)OCCCC. The summed E-state index contributed by atoms with van der Waals surface area (Å²) in [6.45, 7) is 4.55. The normalized spacial score (nSPS) is 10.9. The molecule has 0 aromatic rings. The Morgan fingerprint density at radius 3 is 2.50 bits per heavy atom. The zero-order valence-corrected chi connectivity index (χ0v) is 10.3. The van der Waals surface area contributed by atoms with Crippen molar-refractivity contribution in [1.29, 1.82) is 5.26 Å². The van der Waals surface area contributed by atoms with Crippen LogP contribution in [-0.2, 0) is 9.53 Å². The molecule has 3 heteroatoms. The Bertz CT molecular complexity index is 264. The summed E-state index contributed by atoms with van der Waals surface area (Å²) in [7, 11) is 0. The van der Waals surface area contributed by atoms with Crippen LogP contribution >= 0.6 is 0 Å². The first-order valence-corrected chi connectivity index (χ1v) is 6.03. The first kappa shape index (κ1) is 14.7. The Kier molecular flexibility index (Phi) is 9.39. The van der Waals surface area contributed by atoms with Gasteiger partial charge in [0.15, 0.2) is 0 Å². The van der Waals surface area contributed by atoms with Crippen LogP contribution in [0.15, 0.2) is 11.6 Å². The quantitative estimate of drug-likeness (QED) is 0.274. The van der Waals surface area contributed by atoms with Gasteiger partial charge in [0.25, 0.3) is 0 Å². The largest absolute Gasteiger partial charge is 0.462 e. The molecule has 0 radical (unpaired) electrons. The molecule has 0 rings (SSSR count). The van der Waals surface area contributed by atoms with E-state index in [0.717, 1.165) is 38.5 Å². The van der Waals surface area contributed by atoms with Crippen molar-refractivity contribution in [3.8, 4) is 6.07 Å². The van der Waals surface area contributed by atoms with Crippen LogP contribution in [0.2, 0.25) is 0 Å². The molecule has 90 valence electrons. The molecular formula is C13H21NO2. The number of hydrogen-bond acceptors (Lipinski definition) is 3. The molecule has 16 heavy (non-hydrogen) atoms. The molecule has 0 aliphatic rings. The summed E-state index contributed by atoms with van der Waals surface area (Å²) < 4.78 is 4.96. The third-order valence-electron chi connectivity index (χ3n) is 2.23. The summed E-state index contributed by atoms with van der Waals surface area (Å²) in [4.78, 5) is 11.4. The number of unbranched alkanes of at least 4 members (excludes halogenated alkanes) is 4. The van der Waals surface area contributed by atoms with Gasteiger partial charge in [-0.2, -0.15) is 5.26 Å². The standard InChI is InChI=1S/C13H21NO2/c1-3-5-7-8-9-12(11-14)13(15)16-10-6-4-2/h9H,3-8,10H2,1-2H3/b12-9+. The van der Waals surface area contributed by atoms with Gasteiger partial charge < -0.3 is 4.74 Å². The molecule has 0 amide bonds. The van der Waals surface area contributed by atoms with Gasteiger partial charge in [0.1, 0.15) is 11.6 Å². The van der Waals surface area contributed by atoms with E-state index in [1.165, 1.54) is 0 Å². The van der Waals surface area contributed by atoms with E-state index in [4.69, 9.17) is 10.00 Å². The van der Waals surface area contributed by atoms with Gasteiger partial charge in [-0.15, -0.1) is 0 Å². The van der Waals surface area contributed by atoms with Crippen molar-refractivity contribution in [3.05, 3.63) is 11.6 Å². The van der Waals surface area contributed by atoms with Crippen molar-refractivity contribution in [2.45, 2.75) is 52.4 Å². The maximum Gasteiger partial charge on any atom is 0.348 e. The van der Waals surface area contributed by atoms with Gasteiger partial charge in [-0.25, -0.2) is 4.79 Å². The van der Waals surface area contributed by atoms with E-state index in [9.17, 15) is 4.79 Å². The highest BCUT2D eigenvalue weighted by molar-refractivity contribution is 5.92. The minimum atomic E-state index is -0.479. The lowest BCUT2D eigenvalue weighted by Gasteiger charge is -2.02. The molecule has 0 aromatic carbocycles. The highest BCUT2D eigenvalue weighted by Crippen LogP contribution is 2.05. The maximum atomic E-state index is 11.4. The lowest BCUT2D eigenvalue weighted by molar-refractivity contribution is -0.138. The van der Waals surface area contributed by atoms with E-state index < -0.39 is 5.97 Å². The summed E-state index contributed by atoms with van der Waals surface area (Å²) in [5.74, 6) is -0.479. The van der Waals surface area contributed by atoms with Gasteiger partial charge in [0.2, 0.25) is 0 Å². The third-order valence-corrected chi connectivity index (χ3v) is 2.23. The first-order valence-electron chi connectivity index (χ1n) is 6.03. The lowest BCUT2D eigenvalue weighted by atomic mass is 10.1. The van der Waals surface area contributed by atoms with Crippen LogP contribution in [-0.4, -0.2) is 12.6 Å². The molecule has 3 nitrogen and oxygen atoms in total. The first-order chi connectivity index (χ1) is 7.76. The van der Waals surface area contributed by atoms with Crippen LogP contribution < -0.4 is 0 Å². The van der Waals surface area contributed by atoms with Crippen molar-refractivity contribution in [2.75, 3.05) is 6.61 Å². The molecule has 0 aliphatic heterocycles. The number of carbonyl (C=O) groups is 1. The maximum absolute atomic E-state index is 11.4. The summed E-state index contributed by atoms with van der Waals surface area (Å²) in [5, 5.41) is 8.79. The molecular weight excluding hydrogens is 202 g/mol. The second kappa shape index (κ2) is 10.2. The fraction of sp³-hybridized carbons (Fsp3) is 0.692. The van der Waals surface area contributed by atoms with E-state index in [1.807, 2.05) is 13.0 Å². The molecule has 0 heterocycles. The molecule has 0 bridgehead atoms. The average Bonchev–Trinajstić information content (AvgIpc) is 2.29. The van der Waals surface area contributed by atoms with Crippen LogP contribution in [0.5, 0.6) is 0 Å². The molecule has 0 saturated carbocycles. The van der Waals surface area contributed by atoms with Crippen molar-refractivity contribution < 1.29 is 9.53 Å². The molecule has 0 saturated heterocycles. The minimum Gasteiger partial charge on any atom is -0.462 e. The topological polar surface area (TPSA) is 50.1 Å². The Morgan fingerprint density at radius 1 is 1.25 bits per heavy atom.